The zero-order valence-corrected chi connectivity index (χ0v) is 11.5. The first-order chi connectivity index (χ1) is 7.58. The quantitative estimate of drug-likeness (QED) is 0.542. The maximum atomic E-state index is 8.63. The van der Waals surface area contributed by atoms with Crippen LogP contribution >= 0.6 is 0 Å². The second-order valence-corrected chi connectivity index (χ2v) is 4.17. The van der Waals surface area contributed by atoms with Gasteiger partial charge in [0, 0.05) is 20.8 Å². The minimum Gasteiger partial charge on any atom is -0.396 e. The summed E-state index contributed by atoms with van der Waals surface area (Å²) in [4.78, 5) is 0. The van der Waals surface area contributed by atoms with Gasteiger partial charge < -0.3 is 14.6 Å². The molecular formula is C13H28O3. The molecule has 98 valence electrons. The molecule has 0 aromatic heterocycles. The van der Waals surface area contributed by atoms with E-state index >= 15 is 0 Å². The van der Waals surface area contributed by atoms with Gasteiger partial charge in [0.25, 0.3) is 0 Å². The van der Waals surface area contributed by atoms with E-state index in [1.807, 2.05) is 0 Å². The monoisotopic (exact) mass is 232 g/mol. The highest BCUT2D eigenvalue weighted by molar-refractivity contribution is 4.92. The Hall–Kier alpha value is -0.380. The van der Waals surface area contributed by atoms with Gasteiger partial charge in [0.2, 0.25) is 0 Å². The molecule has 0 spiro atoms. The Bertz CT molecular complexity index is 149. The standard InChI is InChI=1S/C10H20O.C3H8O2/c1-9(2)5-4-6-10(3)7-8-11;1-4-3-5-2/h5,10-11H,4,6-8H2,1-3H3;3H2,1-2H3. The van der Waals surface area contributed by atoms with Crippen molar-refractivity contribution >= 4 is 0 Å². The van der Waals surface area contributed by atoms with Crippen LogP contribution in [0.1, 0.15) is 40.0 Å². The molecule has 16 heavy (non-hydrogen) atoms. The number of aliphatic hydroxyl groups is 1. The van der Waals surface area contributed by atoms with Crippen molar-refractivity contribution in [1.29, 1.82) is 0 Å². The van der Waals surface area contributed by atoms with Gasteiger partial charge in [0.1, 0.15) is 6.79 Å². The zero-order chi connectivity index (χ0) is 12.8. The van der Waals surface area contributed by atoms with E-state index in [1.165, 1.54) is 12.0 Å². The van der Waals surface area contributed by atoms with Crippen molar-refractivity contribution in [3.8, 4) is 0 Å². The van der Waals surface area contributed by atoms with Crippen molar-refractivity contribution in [1.82, 2.24) is 0 Å². The van der Waals surface area contributed by atoms with Gasteiger partial charge in [-0.15, -0.1) is 0 Å². The maximum Gasteiger partial charge on any atom is 0.145 e. The number of hydrogen-bond donors (Lipinski definition) is 1. The summed E-state index contributed by atoms with van der Waals surface area (Å²) in [6.07, 6.45) is 5.56. The Morgan fingerprint density at radius 1 is 1.19 bits per heavy atom. The molecule has 0 heterocycles. The summed E-state index contributed by atoms with van der Waals surface area (Å²) in [6.45, 7) is 7.15. The summed E-state index contributed by atoms with van der Waals surface area (Å²) in [5.74, 6) is 0.663. The second kappa shape index (κ2) is 14.6. The fraction of sp³-hybridized carbons (Fsp3) is 0.846. The van der Waals surface area contributed by atoms with Crippen LogP contribution in [0.15, 0.2) is 11.6 Å². The highest BCUT2D eigenvalue weighted by atomic mass is 16.6. The molecule has 0 saturated carbocycles. The molecule has 3 heteroatoms. The largest absolute Gasteiger partial charge is 0.396 e. The third kappa shape index (κ3) is 19.2. The lowest BCUT2D eigenvalue weighted by atomic mass is 10.0. The highest BCUT2D eigenvalue weighted by Gasteiger charge is 1.98. The Labute approximate surface area is 100 Å². The first-order valence-corrected chi connectivity index (χ1v) is 5.80. The number of hydrogen-bond acceptors (Lipinski definition) is 3. The smallest absolute Gasteiger partial charge is 0.145 e. The van der Waals surface area contributed by atoms with E-state index < -0.39 is 0 Å². The first-order valence-electron chi connectivity index (χ1n) is 5.80. The van der Waals surface area contributed by atoms with E-state index in [2.05, 4.69) is 36.3 Å². The molecule has 1 unspecified atom stereocenters. The number of allylic oxidation sites excluding steroid dienone is 2. The minimum absolute atomic E-state index is 0.329. The van der Waals surface area contributed by atoms with Gasteiger partial charge in [0.15, 0.2) is 0 Å². The molecule has 0 aliphatic rings. The molecule has 1 atom stereocenters. The summed E-state index contributed by atoms with van der Waals surface area (Å²) in [6, 6.07) is 0. The lowest BCUT2D eigenvalue weighted by Crippen LogP contribution is -1.96. The van der Waals surface area contributed by atoms with Crippen LogP contribution in [0.2, 0.25) is 0 Å². The average Bonchev–Trinajstić information content (AvgIpc) is 2.19. The lowest BCUT2D eigenvalue weighted by Gasteiger charge is -2.06. The molecule has 0 radical (unpaired) electrons. The topological polar surface area (TPSA) is 38.7 Å². The SMILES string of the molecule is CC(C)=CCCC(C)CCO.COCOC. The van der Waals surface area contributed by atoms with Crippen molar-refractivity contribution in [3.63, 3.8) is 0 Å². The van der Waals surface area contributed by atoms with E-state index in [0.29, 0.717) is 19.3 Å². The molecule has 0 saturated heterocycles. The molecular weight excluding hydrogens is 204 g/mol. The number of methoxy groups -OCH3 is 2. The van der Waals surface area contributed by atoms with Gasteiger partial charge in [-0.2, -0.15) is 0 Å². The number of rotatable bonds is 7. The Morgan fingerprint density at radius 2 is 1.75 bits per heavy atom. The van der Waals surface area contributed by atoms with Crippen LogP contribution in [0, 0.1) is 5.92 Å². The van der Waals surface area contributed by atoms with Gasteiger partial charge in [0.05, 0.1) is 0 Å². The van der Waals surface area contributed by atoms with E-state index in [9.17, 15) is 0 Å². The molecule has 0 aliphatic carbocycles. The van der Waals surface area contributed by atoms with Gasteiger partial charge in [-0.05, 0) is 39.0 Å². The predicted molar refractivity (Wildman–Crippen MR) is 68.4 cm³/mol. The maximum absolute atomic E-state index is 8.63. The Kier molecular flexibility index (Phi) is 16.4. The van der Waals surface area contributed by atoms with Crippen LogP contribution in [0.25, 0.3) is 0 Å². The lowest BCUT2D eigenvalue weighted by molar-refractivity contribution is -0.00271. The van der Waals surface area contributed by atoms with Gasteiger partial charge >= 0.3 is 0 Å². The van der Waals surface area contributed by atoms with Crippen LogP contribution in [-0.4, -0.2) is 32.7 Å². The molecule has 0 fully saturated rings. The number of aliphatic hydroxyl groups excluding tert-OH is 1. The molecule has 0 rings (SSSR count). The first kappa shape index (κ1) is 18.0. The Balaban J connectivity index is 0. The van der Waals surface area contributed by atoms with Crippen LogP contribution in [-0.2, 0) is 9.47 Å². The van der Waals surface area contributed by atoms with Gasteiger partial charge in [-0.3, -0.25) is 0 Å². The summed E-state index contributed by atoms with van der Waals surface area (Å²) in [7, 11) is 3.17. The molecule has 0 aromatic carbocycles. The third-order valence-corrected chi connectivity index (χ3v) is 2.07. The zero-order valence-electron chi connectivity index (χ0n) is 11.5. The number of ether oxygens (including phenoxy) is 2. The summed E-state index contributed by atoms with van der Waals surface area (Å²) >= 11 is 0. The fourth-order valence-electron chi connectivity index (χ4n) is 1.14. The average molecular weight is 232 g/mol. The van der Waals surface area contributed by atoms with Crippen molar-refractivity contribution < 1.29 is 14.6 Å². The molecule has 1 N–H and O–H groups in total. The Morgan fingerprint density at radius 3 is 2.06 bits per heavy atom. The summed E-state index contributed by atoms with van der Waals surface area (Å²) in [5, 5.41) is 8.63. The van der Waals surface area contributed by atoms with Crippen molar-refractivity contribution in [3.05, 3.63) is 11.6 Å². The predicted octanol–water partition coefficient (Wildman–Crippen LogP) is 2.99. The highest BCUT2D eigenvalue weighted by Crippen LogP contribution is 2.10. The summed E-state index contributed by atoms with van der Waals surface area (Å²) < 4.78 is 8.94. The third-order valence-electron chi connectivity index (χ3n) is 2.07. The fourth-order valence-corrected chi connectivity index (χ4v) is 1.14. The summed E-state index contributed by atoms with van der Waals surface area (Å²) in [5.41, 5.74) is 1.39. The molecule has 0 aliphatic heterocycles. The molecule has 0 bridgehead atoms. The minimum atomic E-state index is 0.329. The van der Waals surface area contributed by atoms with E-state index in [-0.39, 0.29) is 0 Å². The van der Waals surface area contributed by atoms with Gasteiger partial charge in [-0.1, -0.05) is 18.6 Å². The molecule has 3 nitrogen and oxygen atoms in total. The van der Waals surface area contributed by atoms with E-state index in [4.69, 9.17) is 5.11 Å². The van der Waals surface area contributed by atoms with Crippen molar-refractivity contribution in [2.45, 2.75) is 40.0 Å². The van der Waals surface area contributed by atoms with Crippen LogP contribution in [0.3, 0.4) is 0 Å². The second-order valence-electron chi connectivity index (χ2n) is 4.17. The van der Waals surface area contributed by atoms with Crippen LogP contribution < -0.4 is 0 Å². The van der Waals surface area contributed by atoms with E-state index in [0.717, 1.165) is 12.8 Å². The molecule has 0 amide bonds. The van der Waals surface area contributed by atoms with E-state index in [1.54, 1.807) is 14.2 Å². The van der Waals surface area contributed by atoms with Crippen molar-refractivity contribution in [2.24, 2.45) is 5.92 Å². The molecule has 0 aromatic rings. The normalized spacial score (nSPS) is 11.4. The van der Waals surface area contributed by atoms with Crippen LogP contribution in [0.5, 0.6) is 0 Å². The van der Waals surface area contributed by atoms with Gasteiger partial charge in [-0.25, -0.2) is 0 Å². The van der Waals surface area contributed by atoms with Crippen molar-refractivity contribution in [2.75, 3.05) is 27.6 Å². The van der Waals surface area contributed by atoms with Crippen LogP contribution in [0.4, 0.5) is 0 Å².